The third kappa shape index (κ3) is 7.32. The average molecular weight is 324 g/mol. The Morgan fingerprint density at radius 1 is 1.18 bits per heavy atom. The summed E-state index contributed by atoms with van der Waals surface area (Å²) in [5.74, 6) is 0.885. The SMILES string of the molecule is CCCCSc1cccc(C(=O)OCCCN(CC)CC)c1. The molecule has 1 rings (SSSR count). The lowest BCUT2D eigenvalue weighted by Gasteiger charge is -2.17. The zero-order valence-electron chi connectivity index (χ0n) is 14.1. The minimum atomic E-state index is -0.211. The Hall–Kier alpha value is -1.00. The van der Waals surface area contributed by atoms with Crippen molar-refractivity contribution < 1.29 is 9.53 Å². The second kappa shape index (κ2) is 11.6. The smallest absolute Gasteiger partial charge is 0.338 e. The van der Waals surface area contributed by atoms with Crippen molar-refractivity contribution in [3.8, 4) is 0 Å². The summed E-state index contributed by atoms with van der Waals surface area (Å²) >= 11 is 1.80. The van der Waals surface area contributed by atoms with Crippen LogP contribution in [0, 0.1) is 0 Å². The van der Waals surface area contributed by atoms with Gasteiger partial charge in [0.15, 0.2) is 0 Å². The third-order valence-electron chi connectivity index (χ3n) is 3.58. The van der Waals surface area contributed by atoms with Crippen LogP contribution in [-0.2, 0) is 4.74 Å². The van der Waals surface area contributed by atoms with Crippen molar-refractivity contribution >= 4 is 17.7 Å². The third-order valence-corrected chi connectivity index (χ3v) is 4.66. The molecule has 0 atom stereocenters. The number of rotatable bonds is 11. The molecule has 0 bridgehead atoms. The van der Waals surface area contributed by atoms with Crippen molar-refractivity contribution in [1.29, 1.82) is 0 Å². The van der Waals surface area contributed by atoms with E-state index in [1.807, 2.05) is 18.2 Å². The number of benzene rings is 1. The van der Waals surface area contributed by atoms with Crippen LogP contribution in [0.5, 0.6) is 0 Å². The molecule has 0 fully saturated rings. The van der Waals surface area contributed by atoms with Gasteiger partial charge < -0.3 is 9.64 Å². The van der Waals surface area contributed by atoms with Crippen LogP contribution in [0.3, 0.4) is 0 Å². The standard InChI is InChI=1S/C18H29NO2S/c1-4-7-14-22-17-11-8-10-16(15-17)18(20)21-13-9-12-19(5-2)6-3/h8,10-11,15H,4-7,9,12-14H2,1-3H3. The van der Waals surface area contributed by atoms with Gasteiger partial charge >= 0.3 is 5.97 Å². The van der Waals surface area contributed by atoms with E-state index < -0.39 is 0 Å². The number of nitrogens with zero attached hydrogens (tertiary/aromatic N) is 1. The van der Waals surface area contributed by atoms with Gasteiger partial charge in [-0.3, -0.25) is 0 Å². The van der Waals surface area contributed by atoms with E-state index in [4.69, 9.17) is 4.74 Å². The minimum absolute atomic E-state index is 0.211. The van der Waals surface area contributed by atoms with Gasteiger partial charge in [-0.05, 0) is 49.9 Å². The number of ether oxygens (including phenoxy) is 1. The molecular formula is C18H29NO2S. The largest absolute Gasteiger partial charge is 0.462 e. The number of unbranched alkanes of at least 4 members (excludes halogenated alkanes) is 1. The summed E-state index contributed by atoms with van der Waals surface area (Å²) in [6, 6.07) is 7.75. The first-order valence-electron chi connectivity index (χ1n) is 8.33. The monoisotopic (exact) mass is 323 g/mol. The van der Waals surface area contributed by atoms with Gasteiger partial charge in [-0.1, -0.05) is 33.3 Å². The quantitative estimate of drug-likeness (QED) is 0.341. The molecule has 0 aliphatic heterocycles. The van der Waals surface area contributed by atoms with E-state index in [-0.39, 0.29) is 5.97 Å². The van der Waals surface area contributed by atoms with Gasteiger partial charge in [0.05, 0.1) is 12.2 Å². The van der Waals surface area contributed by atoms with Crippen molar-refractivity contribution in [2.24, 2.45) is 0 Å². The Labute approximate surface area is 139 Å². The van der Waals surface area contributed by atoms with E-state index >= 15 is 0 Å². The number of carbonyl (C=O) groups excluding carboxylic acids is 1. The fourth-order valence-electron chi connectivity index (χ4n) is 2.12. The van der Waals surface area contributed by atoms with Crippen molar-refractivity contribution in [1.82, 2.24) is 4.90 Å². The Balaban J connectivity index is 2.37. The van der Waals surface area contributed by atoms with Crippen molar-refractivity contribution in [2.75, 3.05) is 32.0 Å². The van der Waals surface area contributed by atoms with E-state index in [1.54, 1.807) is 11.8 Å². The van der Waals surface area contributed by atoms with Gasteiger partial charge in [0, 0.05) is 11.4 Å². The molecule has 0 aliphatic carbocycles. The van der Waals surface area contributed by atoms with Gasteiger partial charge in [-0.15, -0.1) is 11.8 Å². The van der Waals surface area contributed by atoms with Crippen LogP contribution in [0.4, 0.5) is 0 Å². The van der Waals surface area contributed by atoms with E-state index in [9.17, 15) is 4.79 Å². The molecule has 0 aromatic heterocycles. The van der Waals surface area contributed by atoms with Crippen molar-refractivity contribution in [2.45, 2.75) is 44.9 Å². The van der Waals surface area contributed by atoms with Crippen LogP contribution in [-0.4, -0.2) is 42.9 Å². The molecule has 4 heteroatoms. The first-order chi connectivity index (χ1) is 10.7. The van der Waals surface area contributed by atoms with Crippen LogP contribution in [0.2, 0.25) is 0 Å². The number of hydrogen-bond donors (Lipinski definition) is 0. The Morgan fingerprint density at radius 3 is 2.64 bits per heavy atom. The highest BCUT2D eigenvalue weighted by Gasteiger charge is 2.08. The summed E-state index contributed by atoms with van der Waals surface area (Å²) in [7, 11) is 0. The van der Waals surface area contributed by atoms with Crippen LogP contribution in [0.1, 0.15) is 50.4 Å². The molecule has 1 aromatic rings. The molecule has 124 valence electrons. The lowest BCUT2D eigenvalue weighted by molar-refractivity contribution is 0.0489. The first-order valence-corrected chi connectivity index (χ1v) is 9.32. The summed E-state index contributed by atoms with van der Waals surface area (Å²) in [6.07, 6.45) is 3.28. The fourth-order valence-corrected chi connectivity index (χ4v) is 3.18. The molecule has 1 aromatic carbocycles. The molecule has 22 heavy (non-hydrogen) atoms. The van der Waals surface area contributed by atoms with Crippen molar-refractivity contribution in [3.05, 3.63) is 29.8 Å². The van der Waals surface area contributed by atoms with Gasteiger partial charge in [0.2, 0.25) is 0 Å². The maximum atomic E-state index is 12.1. The topological polar surface area (TPSA) is 29.5 Å². The fraction of sp³-hybridized carbons (Fsp3) is 0.611. The molecule has 0 spiro atoms. The van der Waals surface area contributed by atoms with Crippen LogP contribution >= 0.6 is 11.8 Å². The van der Waals surface area contributed by atoms with Crippen molar-refractivity contribution in [3.63, 3.8) is 0 Å². The summed E-state index contributed by atoms with van der Waals surface area (Å²) in [4.78, 5) is 15.5. The second-order valence-electron chi connectivity index (χ2n) is 5.25. The Kier molecular flexibility index (Phi) is 10.0. The highest BCUT2D eigenvalue weighted by atomic mass is 32.2. The average Bonchev–Trinajstić information content (AvgIpc) is 2.55. The molecule has 0 unspecified atom stereocenters. The van der Waals surface area contributed by atoms with Gasteiger partial charge in [-0.25, -0.2) is 4.79 Å². The lowest BCUT2D eigenvalue weighted by atomic mass is 10.2. The van der Waals surface area contributed by atoms with Crippen LogP contribution in [0.25, 0.3) is 0 Å². The Morgan fingerprint density at radius 2 is 1.95 bits per heavy atom. The van der Waals surface area contributed by atoms with E-state index in [1.165, 1.54) is 12.8 Å². The molecule has 0 saturated heterocycles. The van der Waals surface area contributed by atoms with Gasteiger partial charge in [-0.2, -0.15) is 0 Å². The second-order valence-corrected chi connectivity index (χ2v) is 6.41. The molecule has 0 amide bonds. The molecule has 0 heterocycles. The Bertz CT molecular complexity index is 433. The summed E-state index contributed by atoms with van der Waals surface area (Å²) in [5, 5.41) is 0. The number of thioether (sulfide) groups is 1. The number of esters is 1. The highest BCUT2D eigenvalue weighted by molar-refractivity contribution is 7.99. The molecule has 0 radical (unpaired) electrons. The van der Waals surface area contributed by atoms with E-state index in [0.29, 0.717) is 12.2 Å². The summed E-state index contributed by atoms with van der Waals surface area (Å²) < 4.78 is 5.37. The molecule has 0 aliphatic rings. The van der Waals surface area contributed by atoms with E-state index in [2.05, 4.69) is 31.7 Å². The maximum Gasteiger partial charge on any atom is 0.338 e. The maximum absolute atomic E-state index is 12.1. The highest BCUT2D eigenvalue weighted by Crippen LogP contribution is 2.20. The van der Waals surface area contributed by atoms with Crippen LogP contribution in [0.15, 0.2) is 29.2 Å². The predicted octanol–water partition coefficient (Wildman–Crippen LogP) is 4.47. The molecule has 0 N–H and O–H groups in total. The predicted molar refractivity (Wildman–Crippen MR) is 94.8 cm³/mol. The van der Waals surface area contributed by atoms with Gasteiger partial charge in [0.1, 0.15) is 0 Å². The number of carbonyl (C=O) groups is 1. The zero-order chi connectivity index (χ0) is 16.2. The molecule has 3 nitrogen and oxygen atoms in total. The summed E-state index contributed by atoms with van der Waals surface area (Å²) in [5.41, 5.74) is 0.657. The van der Waals surface area contributed by atoms with Gasteiger partial charge in [0.25, 0.3) is 0 Å². The summed E-state index contributed by atoms with van der Waals surface area (Å²) in [6.45, 7) is 10.0. The number of hydrogen-bond acceptors (Lipinski definition) is 4. The molecule has 0 saturated carbocycles. The van der Waals surface area contributed by atoms with E-state index in [0.717, 1.165) is 36.7 Å². The van der Waals surface area contributed by atoms with Crippen LogP contribution < -0.4 is 0 Å². The first kappa shape index (κ1) is 19.0. The molecular weight excluding hydrogens is 294 g/mol. The normalized spacial score (nSPS) is 10.9. The minimum Gasteiger partial charge on any atom is -0.462 e. The zero-order valence-corrected chi connectivity index (χ0v) is 15.0. The lowest BCUT2D eigenvalue weighted by Crippen LogP contribution is -2.25.